The van der Waals surface area contributed by atoms with Crippen molar-refractivity contribution in [2.45, 2.75) is 351 Å². The highest BCUT2D eigenvalue weighted by Gasteiger charge is 2.58. The molecular formula is C84H168O12. The molecule has 0 aromatic carbocycles. The van der Waals surface area contributed by atoms with Gasteiger partial charge in [0.15, 0.2) is 0 Å². The molecule has 0 aliphatic carbocycles. The highest BCUT2D eigenvalue weighted by Crippen LogP contribution is 2.68. The normalized spacial score (nSPS) is 14.6. The van der Waals surface area contributed by atoms with Gasteiger partial charge in [-0.3, -0.25) is 4.79 Å². The van der Waals surface area contributed by atoms with Gasteiger partial charge in [0.1, 0.15) is 6.61 Å². The summed E-state index contributed by atoms with van der Waals surface area (Å²) in [4.78, 5) is 15.8. The van der Waals surface area contributed by atoms with E-state index in [0.29, 0.717) is 119 Å². The molecule has 96 heavy (non-hydrogen) atoms. The maximum atomic E-state index is 15.8. The fourth-order valence-electron chi connectivity index (χ4n) is 18.5. The van der Waals surface area contributed by atoms with Gasteiger partial charge in [0.2, 0.25) is 0 Å². The second-order valence-electron chi connectivity index (χ2n) is 31.2. The zero-order valence-corrected chi connectivity index (χ0v) is 68.2. The molecule has 0 bridgehead atoms. The molecule has 0 radical (unpaired) electrons. The Hall–Kier alpha value is -0.930. The van der Waals surface area contributed by atoms with Gasteiger partial charge in [0.25, 0.3) is 0 Å². The second kappa shape index (κ2) is 52.9. The number of rotatable bonds is 71. The molecule has 0 fully saturated rings. The molecule has 0 rings (SSSR count). The zero-order valence-electron chi connectivity index (χ0n) is 68.2. The summed E-state index contributed by atoms with van der Waals surface area (Å²) in [5.74, 6) is -0.0316. The van der Waals surface area contributed by atoms with Crippen LogP contribution in [0.1, 0.15) is 351 Å². The van der Waals surface area contributed by atoms with Gasteiger partial charge in [-0.1, -0.05) is 273 Å². The first-order chi connectivity index (χ1) is 46.1. The monoisotopic (exact) mass is 1370 g/mol. The lowest BCUT2D eigenvalue weighted by Gasteiger charge is -2.60. The summed E-state index contributed by atoms with van der Waals surface area (Å²) in [7, 11) is 0. The number of hydrogen-bond donors (Lipinski definition) is 1. The van der Waals surface area contributed by atoms with E-state index >= 15 is 4.79 Å². The van der Waals surface area contributed by atoms with E-state index in [9.17, 15) is 0 Å². The molecule has 12 nitrogen and oxygen atoms in total. The minimum Gasteiger partial charge on any atom is -0.463 e. The number of carbonyl (C=O) groups is 1. The van der Waals surface area contributed by atoms with Crippen LogP contribution in [0.15, 0.2) is 0 Å². The third-order valence-corrected chi connectivity index (χ3v) is 26.5. The smallest absolute Gasteiger partial charge is 0.311 e. The van der Waals surface area contributed by atoms with Crippen molar-refractivity contribution in [3.8, 4) is 0 Å². The summed E-state index contributed by atoms with van der Waals surface area (Å²) in [6.45, 7) is 61.3. The molecule has 1 N–H and O–H groups in total. The summed E-state index contributed by atoms with van der Waals surface area (Å²) >= 11 is 0. The third-order valence-electron chi connectivity index (χ3n) is 26.5. The molecular weight excluding hydrogens is 1200 g/mol. The van der Waals surface area contributed by atoms with Crippen molar-refractivity contribution in [2.24, 2.45) is 54.1 Å². The van der Waals surface area contributed by atoms with E-state index in [1.807, 2.05) is 0 Å². The van der Waals surface area contributed by atoms with Gasteiger partial charge >= 0.3 is 5.97 Å². The number of unbranched alkanes of at least 4 members (excludes halogenated alkanes) is 2. The molecule has 0 saturated carbocycles. The lowest BCUT2D eigenvalue weighted by Crippen LogP contribution is -2.50. The maximum absolute atomic E-state index is 15.8. The Balaban J connectivity index is 7.38. The van der Waals surface area contributed by atoms with Crippen molar-refractivity contribution in [1.29, 1.82) is 0 Å². The number of esters is 1. The lowest BCUT2D eigenvalue weighted by atomic mass is 9.45. The highest BCUT2D eigenvalue weighted by molar-refractivity contribution is 5.76. The number of aliphatic hydroxyl groups is 1. The molecule has 0 heterocycles. The van der Waals surface area contributed by atoms with Crippen molar-refractivity contribution < 1.29 is 57.3 Å². The van der Waals surface area contributed by atoms with E-state index in [4.69, 9.17) is 52.5 Å². The van der Waals surface area contributed by atoms with Crippen molar-refractivity contribution in [3.05, 3.63) is 0 Å². The topological polar surface area (TPSA) is 130 Å². The van der Waals surface area contributed by atoms with Crippen molar-refractivity contribution in [3.63, 3.8) is 0 Å². The van der Waals surface area contributed by atoms with E-state index in [2.05, 4.69) is 145 Å². The molecule has 12 heteroatoms. The summed E-state index contributed by atoms with van der Waals surface area (Å²) in [6.07, 6.45) is 38.3. The zero-order chi connectivity index (χ0) is 72.4. The number of carbonyl (C=O) groups excluding carboxylic acids is 1. The Morgan fingerprint density at radius 3 is 0.656 bits per heavy atom. The molecule has 0 aromatic heterocycles. The highest BCUT2D eigenvalue weighted by atomic mass is 16.6. The molecule has 576 valence electrons. The molecule has 0 aliphatic heterocycles. The Morgan fingerprint density at radius 1 is 0.240 bits per heavy atom. The van der Waals surface area contributed by atoms with Gasteiger partial charge in [-0.05, 0) is 126 Å². The van der Waals surface area contributed by atoms with Gasteiger partial charge in [-0.2, -0.15) is 0 Å². The van der Waals surface area contributed by atoms with Gasteiger partial charge < -0.3 is 52.5 Å². The Morgan fingerprint density at radius 2 is 0.438 bits per heavy atom. The summed E-state index contributed by atoms with van der Waals surface area (Å²) in [5, 5.41) is 8.72. The third kappa shape index (κ3) is 33.7. The molecule has 0 spiro atoms. The van der Waals surface area contributed by atoms with Crippen LogP contribution >= 0.6 is 0 Å². The van der Waals surface area contributed by atoms with Crippen molar-refractivity contribution in [2.75, 3.05) is 132 Å². The average Bonchev–Trinajstić information content (AvgIpc) is 0.738. The molecule has 0 saturated heterocycles. The van der Waals surface area contributed by atoms with Crippen LogP contribution in [0.25, 0.3) is 0 Å². The fourth-order valence-corrected chi connectivity index (χ4v) is 18.5. The molecule has 0 aliphatic rings. The molecule has 2 atom stereocenters. The first kappa shape index (κ1) is 95.1. The van der Waals surface area contributed by atoms with Crippen molar-refractivity contribution >= 4 is 5.97 Å². The standard InChI is InChI=1S/C84H168O12/c1-22-42-43-44-82(66-76(24-3,25-4)26-5,67-77(27-6,28-7)29-8)72-83(68-78(30-9,31-10)32-11,73-84(69-79(33-12,34-13)35-14,70-80(36-15,37-16)38-17)71-81(39-18,40-19)41-20)65-75(21,23-2)74(86)96-64-63-95-62-61-94-60-59-93-58-57-92-56-55-91-54-53-90-52-51-89-50-49-88-48-47-87-46-45-85/h85H,22-73H2,1-21H3. The van der Waals surface area contributed by atoms with Crippen LogP contribution < -0.4 is 0 Å². The van der Waals surface area contributed by atoms with Crippen LogP contribution in [0.2, 0.25) is 0 Å². The van der Waals surface area contributed by atoms with E-state index in [1.54, 1.807) is 0 Å². The predicted octanol–water partition coefficient (Wildman–Crippen LogP) is 22.4. The van der Waals surface area contributed by atoms with Gasteiger partial charge in [-0.25, -0.2) is 0 Å². The molecule has 2 unspecified atom stereocenters. The molecule has 0 amide bonds. The van der Waals surface area contributed by atoms with Crippen LogP contribution in [0.3, 0.4) is 0 Å². The number of hydrogen-bond acceptors (Lipinski definition) is 12. The second-order valence-corrected chi connectivity index (χ2v) is 31.2. The van der Waals surface area contributed by atoms with Crippen LogP contribution in [0, 0.1) is 54.1 Å². The van der Waals surface area contributed by atoms with Crippen LogP contribution in [0.5, 0.6) is 0 Å². The number of ether oxygens (including phenoxy) is 10. The van der Waals surface area contributed by atoms with Gasteiger partial charge in [0.05, 0.1) is 131 Å². The predicted molar refractivity (Wildman–Crippen MR) is 407 cm³/mol. The summed E-state index contributed by atoms with van der Waals surface area (Å²) < 4.78 is 57.5. The van der Waals surface area contributed by atoms with Gasteiger partial charge in [0, 0.05) is 0 Å². The summed E-state index contributed by atoms with van der Waals surface area (Å²) in [5.41, 5.74) is 0.629. The van der Waals surface area contributed by atoms with E-state index in [-0.39, 0.29) is 67.9 Å². The van der Waals surface area contributed by atoms with Crippen molar-refractivity contribution in [1.82, 2.24) is 0 Å². The first-order valence-corrected chi connectivity index (χ1v) is 41.0. The first-order valence-electron chi connectivity index (χ1n) is 41.0. The van der Waals surface area contributed by atoms with Crippen LogP contribution in [-0.4, -0.2) is 143 Å². The number of aliphatic hydroxyl groups excluding tert-OH is 1. The Kier molecular flexibility index (Phi) is 52.4. The van der Waals surface area contributed by atoms with E-state index in [0.717, 1.165) is 32.1 Å². The minimum atomic E-state index is -0.701. The lowest BCUT2D eigenvalue weighted by molar-refractivity contribution is -0.163. The Labute approximate surface area is 597 Å². The van der Waals surface area contributed by atoms with Crippen LogP contribution in [-0.2, 0) is 52.2 Å². The van der Waals surface area contributed by atoms with E-state index in [1.165, 1.54) is 173 Å². The SMILES string of the molecule is CCCCCC(CC(CC)(CC)CC)(CC(CC)(CC)CC)CC(CC(CC)(CC)CC)(CC(CC(CC)(CC)CC)(CC(CC)(CC)CC)CC(CC)(CC)CC)CC(C)(CC)C(=O)OCCOCCOCCOCCOCCOCCOCCOCCOCCOCCO. The quantitative estimate of drug-likeness (QED) is 0.0460. The minimum absolute atomic E-state index is 0.0201. The molecule has 0 aromatic rings. The van der Waals surface area contributed by atoms with E-state index < -0.39 is 5.41 Å². The summed E-state index contributed by atoms with van der Waals surface area (Å²) in [6, 6.07) is 0. The Bertz CT molecular complexity index is 1670. The largest absolute Gasteiger partial charge is 0.463 e. The van der Waals surface area contributed by atoms with Crippen LogP contribution in [0.4, 0.5) is 0 Å². The van der Waals surface area contributed by atoms with Gasteiger partial charge in [-0.15, -0.1) is 0 Å². The fraction of sp³-hybridized carbons (Fsp3) is 0.988. The maximum Gasteiger partial charge on any atom is 0.311 e. The average molecular weight is 1370 g/mol.